The van der Waals surface area contributed by atoms with E-state index in [9.17, 15) is 0 Å². The smallest absolute Gasteiger partial charge is 0.183 e. The van der Waals surface area contributed by atoms with Gasteiger partial charge in [-0.2, -0.15) is 0 Å². The molecule has 1 fully saturated rings. The maximum atomic E-state index is 5.08. The molecule has 26 heavy (non-hydrogen) atoms. The van der Waals surface area contributed by atoms with Gasteiger partial charge >= 0.3 is 0 Å². The molecule has 5 nitrogen and oxygen atoms in total. The zero-order chi connectivity index (χ0) is 17.5. The first-order chi connectivity index (χ1) is 12.8. The second kappa shape index (κ2) is 6.38. The molecule has 2 aromatic rings. The number of benzene rings is 1. The summed E-state index contributed by atoms with van der Waals surface area (Å²) in [4.78, 5) is 20.7. The molecule has 0 bridgehead atoms. The van der Waals surface area contributed by atoms with Crippen LogP contribution in [0.1, 0.15) is 62.0 Å². The minimum atomic E-state index is 0.272. The van der Waals surface area contributed by atoms with Crippen LogP contribution < -0.4 is 0 Å². The van der Waals surface area contributed by atoms with Crippen molar-refractivity contribution >= 4 is 17.5 Å². The van der Waals surface area contributed by atoms with E-state index in [2.05, 4.69) is 47.1 Å². The summed E-state index contributed by atoms with van der Waals surface area (Å²) in [6, 6.07) is 10.9. The fourth-order valence-corrected chi connectivity index (χ4v) is 4.47. The molecule has 3 heterocycles. The first-order valence-corrected chi connectivity index (χ1v) is 9.89. The van der Waals surface area contributed by atoms with E-state index in [4.69, 9.17) is 15.0 Å². The standard InChI is InChI=1S/C21H25N5/c1-2-17-23-20-18(24-19(25-20)15-10-6-7-11-15)21-22-16(13-26(17)21)12-14-8-4-3-5-9-14/h3-5,8-9,15-16H,2,6-7,10-13H2,1H3,(H,24,25)/t16-/m1/s1. The molecular weight excluding hydrogens is 322 g/mol. The van der Waals surface area contributed by atoms with Crippen LogP contribution in [-0.4, -0.2) is 39.1 Å². The zero-order valence-electron chi connectivity index (χ0n) is 15.3. The molecule has 2 aliphatic heterocycles. The van der Waals surface area contributed by atoms with E-state index >= 15 is 0 Å². The quantitative estimate of drug-likeness (QED) is 0.901. The SMILES string of the molecule is CCC1=Nc2nc(C3CCCC3)[nH]c2C2=N[C@H](Cc3ccccc3)CN12. The third kappa shape index (κ3) is 2.66. The van der Waals surface area contributed by atoms with Gasteiger partial charge in [-0.3, -0.25) is 4.99 Å². The Bertz CT molecular complexity index is 858. The number of aromatic nitrogens is 2. The summed E-state index contributed by atoms with van der Waals surface area (Å²) in [5.74, 6) is 4.67. The Morgan fingerprint density at radius 1 is 1.15 bits per heavy atom. The molecule has 0 amide bonds. The fourth-order valence-electron chi connectivity index (χ4n) is 4.47. The predicted molar refractivity (Wildman–Crippen MR) is 104 cm³/mol. The largest absolute Gasteiger partial charge is 0.337 e. The normalized spacial score (nSPS) is 22.2. The van der Waals surface area contributed by atoms with Crippen molar-refractivity contribution in [3.05, 3.63) is 47.4 Å². The predicted octanol–water partition coefficient (Wildman–Crippen LogP) is 4.19. The van der Waals surface area contributed by atoms with Crippen molar-refractivity contribution in [2.45, 2.75) is 57.4 Å². The molecule has 5 heteroatoms. The first-order valence-electron chi connectivity index (χ1n) is 9.89. The molecule has 0 unspecified atom stereocenters. The molecule has 1 atom stereocenters. The number of aliphatic imine (C=N–C) groups is 2. The third-order valence-electron chi connectivity index (χ3n) is 5.80. The number of hydrogen-bond donors (Lipinski definition) is 1. The third-order valence-corrected chi connectivity index (χ3v) is 5.80. The highest BCUT2D eigenvalue weighted by Crippen LogP contribution is 2.36. The summed E-state index contributed by atoms with van der Waals surface area (Å²) in [5.41, 5.74) is 2.37. The molecule has 1 aromatic heterocycles. The van der Waals surface area contributed by atoms with Crippen molar-refractivity contribution in [2.24, 2.45) is 9.98 Å². The molecular formula is C21H25N5. The highest BCUT2D eigenvalue weighted by molar-refractivity contribution is 6.14. The number of nitrogens with zero attached hydrogens (tertiary/aromatic N) is 4. The van der Waals surface area contributed by atoms with Crippen LogP contribution in [0.3, 0.4) is 0 Å². The summed E-state index contributed by atoms with van der Waals surface area (Å²) >= 11 is 0. The molecule has 0 spiro atoms. The summed E-state index contributed by atoms with van der Waals surface area (Å²) in [7, 11) is 0. The van der Waals surface area contributed by atoms with Gasteiger partial charge in [-0.1, -0.05) is 50.1 Å². The average molecular weight is 347 g/mol. The summed E-state index contributed by atoms with van der Waals surface area (Å²) in [6.07, 6.45) is 6.98. The minimum absolute atomic E-state index is 0.272. The maximum Gasteiger partial charge on any atom is 0.183 e. The van der Waals surface area contributed by atoms with Crippen molar-refractivity contribution in [1.29, 1.82) is 0 Å². The highest BCUT2D eigenvalue weighted by atomic mass is 15.3. The van der Waals surface area contributed by atoms with Crippen LogP contribution in [0.25, 0.3) is 0 Å². The van der Waals surface area contributed by atoms with E-state index in [1.807, 2.05) is 0 Å². The molecule has 5 rings (SSSR count). The minimum Gasteiger partial charge on any atom is -0.337 e. The lowest BCUT2D eigenvalue weighted by Crippen LogP contribution is -2.38. The number of fused-ring (bicyclic) bond motifs is 3. The van der Waals surface area contributed by atoms with E-state index in [0.717, 1.165) is 48.4 Å². The van der Waals surface area contributed by atoms with E-state index in [1.54, 1.807) is 0 Å². The van der Waals surface area contributed by atoms with Gasteiger partial charge in [0.15, 0.2) is 11.7 Å². The monoisotopic (exact) mass is 347 g/mol. The van der Waals surface area contributed by atoms with Crippen molar-refractivity contribution in [3.8, 4) is 0 Å². The second-order valence-corrected chi connectivity index (χ2v) is 7.59. The molecule has 1 aliphatic carbocycles. The molecule has 1 N–H and O–H groups in total. The van der Waals surface area contributed by atoms with Gasteiger partial charge in [0.2, 0.25) is 0 Å². The maximum absolute atomic E-state index is 5.08. The molecule has 1 aromatic carbocycles. The Morgan fingerprint density at radius 2 is 1.96 bits per heavy atom. The van der Waals surface area contributed by atoms with Gasteiger partial charge < -0.3 is 9.88 Å². The van der Waals surface area contributed by atoms with Crippen LogP contribution in [0.15, 0.2) is 40.3 Å². The molecule has 134 valence electrons. The van der Waals surface area contributed by atoms with Crippen molar-refractivity contribution in [2.75, 3.05) is 6.54 Å². The fraction of sp³-hybridized carbons (Fsp3) is 0.476. The van der Waals surface area contributed by atoms with Crippen LogP contribution in [0.5, 0.6) is 0 Å². The average Bonchev–Trinajstić information content (AvgIpc) is 3.39. The van der Waals surface area contributed by atoms with Crippen LogP contribution in [0.4, 0.5) is 5.82 Å². The molecule has 3 aliphatic rings. The first kappa shape index (κ1) is 15.8. The number of H-pyrrole nitrogens is 1. The molecule has 1 saturated carbocycles. The number of imidazole rings is 1. The van der Waals surface area contributed by atoms with E-state index < -0.39 is 0 Å². The van der Waals surface area contributed by atoms with Crippen LogP contribution in [-0.2, 0) is 6.42 Å². The number of nitrogens with one attached hydrogen (secondary N) is 1. The lowest BCUT2D eigenvalue weighted by atomic mass is 10.1. The summed E-state index contributed by atoms with van der Waals surface area (Å²) in [6.45, 7) is 3.07. The topological polar surface area (TPSA) is 56.6 Å². The van der Waals surface area contributed by atoms with Gasteiger partial charge in [-0.05, 0) is 24.8 Å². The molecule has 0 radical (unpaired) electrons. The Labute approximate surface area is 154 Å². The van der Waals surface area contributed by atoms with E-state index in [0.29, 0.717) is 5.92 Å². The van der Waals surface area contributed by atoms with Crippen molar-refractivity contribution < 1.29 is 0 Å². The zero-order valence-corrected chi connectivity index (χ0v) is 15.3. The number of aromatic amines is 1. The lowest BCUT2D eigenvalue weighted by molar-refractivity contribution is 0.559. The molecule has 0 saturated heterocycles. The van der Waals surface area contributed by atoms with Gasteiger partial charge in [0.05, 0.1) is 6.04 Å². The number of hydrogen-bond acceptors (Lipinski definition) is 4. The summed E-state index contributed by atoms with van der Waals surface area (Å²) in [5, 5.41) is 0. The van der Waals surface area contributed by atoms with Crippen molar-refractivity contribution in [1.82, 2.24) is 14.9 Å². The van der Waals surface area contributed by atoms with Crippen LogP contribution >= 0.6 is 0 Å². The van der Waals surface area contributed by atoms with Gasteiger partial charge in [0.1, 0.15) is 17.4 Å². The van der Waals surface area contributed by atoms with E-state index in [-0.39, 0.29) is 6.04 Å². The van der Waals surface area contributed by atoms with Gasteiger partial charge in [-0.15, -0.1) is 0 Å². The van der Waals surface area contributed by atoms with Crippen molar-refractivity contribution in [3.63, 3.8) is 0 Å². The van der Waals surface area contributed by atoms with Crippen LogP contribution in [0, 0.1) is 0 Å². The highest BCUT2D eigenvalue weighted by Gasteiger charge is 2.36. The Balaban J connectivity index is 1.47. The Hall–Kier alpha value is -2.43. The van der Waals surface area contributed by atoms with Gasteiger partial charge in [-0.25, -0.2) is 9.98 Å². The van der Waals surface area contributed by atoms with Gasteiger partial charge in [0.25, 0.3) is 0 Å². The number of amidine groups is 2. The van der Waals surface area contributed by atoms with E-state index in [1.165, 1.54) is 31.2 Å². The number of rotatable bonds is 4. The van der Waals surface area contributed by atoms with Gasteiger partial charge in [0, 0.05) is 18.9 Å². The Morgan fingerprint density at radius 3 is 2.73 bits per heavy atom. The lowest BCUT2D eigenvalue weighted by Gasteiger charge is -2.24. The van der Waals surface area contributed by atoms with Crippen LogP contribution in [0.2, 0.25) is 0 Å². The summed E-state index contributed by atoms with van der Waals surface area (Å²) < 4.78 is 0. The Kier molecular flexibility index (Phi) is 3.88. The second-order valence-electron chi connectivity index (χ2n) is 7.59.